The van der Waals surface area contributed by atoms with E-state index in [2.05, 4.69) is 5.10 Å². The van der Waals surface area contributed by atoms with Crippen LogP contribution in [-0.4, -0.2) is 46.3 Å². The molecule has 1 aromatic heterocycles. The Morgan fingerprint density at radius 2 is 1.88 bits per heavy atom. The van der Waals surface area contributed by atoms with Crippen LogP contribution in [0.15, 0.2) is 6.20 Å². The van der Waals surface area contributed by atoms with Crippen molar-refractivity contribution in [3.63, 3.8) is 0 Å². The molecule has 1 saturated carbocycles. The van der Waals surface area contributed by atoms with Gasteiger partial charge in [-0.3, -0.25) is 4.79 Å². The SMILES string of the molecule is CCOC(=O)c1cnn(C2CCN(C(=O)C3CCCCC3)CC2)c1N. The number of hydrogen-bond donors (Lipinski definition) is 1. The number of aromatic nitrogens is 2. The average Bonchev–Trinajstić information content (AvgIpc) is 3.04. The van der Waals surface area contributed by atoms with Crippen molar-refractivity contribution in [3.8, 4) is 0 Å². The topological polar surface area (TPSA) is 90.5 Å². The van der Waals surface area contributed by atoms with Gasteiger partial charge in [0, 0.05) is 19.0 Å². The minimum atomic E-state index is -0.434. The summed E-state index contributed by atoms with van der Waals surface area (Å²) in [6.45, 7) is 3.53. The van der Waals surface area contributed by atoms with E-state index in [-0.39, 0.29) is 12.0 Å². The van der Waals surface area contributed by atoms with Gasteiger partial charge in [-0.15, -0.1) is 0 Å². The molecule has 1 aliphatic carbocycles. The Bertz CT molecular complexity index is 614. The van der Waals surface area contributed by atoms with Crippen LogP contribution in [0, 0.1) is 5.92 Å². The molecule has 1 amide bonds. The number of nitrogens with zero attached hydrogens (tertiary/aromatic N) is 3. The zero-order chi connectivity index (χ0) is 17.8. The molecule has 1 saturated heterocycles. The maximum absolute atomic E-state index is 12.6. The maximum atomic E-state index is 12.6. The van der Waals surface area contributed by atoms with Crippen LogP contribution in [0.3, 0.4) is 0 Å². The summed E-state index contributed by atoms with van der Waals surface area (Å²) in [6.07, 6.45) is 8.78. The Morgan fingerprint density at radius 1 is 1.20 bits per heavy atom. The standard InChI is InChI=1S/C18H28N4O3/c1-2-25-18(24)15-12-20-22(16(15)19)14-8-10-21(11-9-14)17(23)13-6-4-3-5-7-13/h12-14H,2-11,19H2,1H3. The first kappa shape index (κ1) is 17.8. The highest BCUT2D eigenvalue weighted by atomic mass is 16.5. The molecule has 7 heteroatoms. The lowest BCUT2D eigenvalue weighted by Gasteiger charge is -2.35. The molecule has 0 bridgehead atoms. The van der Waals surface area contributed by atoms with E-state index in [1.165, 1.54) is 25.5 Å². The Morgan fingerprint density at radius 3 is 2.52 bits per heavy atom. The molecule has 2 fully saturated rings. The van der Waals surface area contributed by atoms with Gasteiger partial charge < -0.3 is 15.4 Å². The number of ether oxygens (including phenoxy) is 1. The highest BCUT2D eigenvalue weighted by Gasteiger charge is 2.31. The molecule has 0 aromatic carbocycles. The lowest BCUT2D eigenvalue weighted by Crippen LogP contribution is -2.42. The number of amides is 1. The number of rotatable bonds is 4. The summed E-state index contributed by atoms with van der Waals surface area (Å²) < 4.78 is 6.72. The van der Waals surface area contributed by atoms with Crippen molar-refractivity contribution >= 4 is 17.7 Å². The molecule has 2 heterocycles. The van der Waals surface area contributed by atoms with Gasteiger partial charge in [0.2, 0.25) is 5.91 Å². The minimum absolute atomic E-state index is 0.124. The predicted octanol–water partition coefficient (Wildman–Crippen LogP) is 2.39. The number of hydrogen-bond acceptors (Lipinski definition) is 5. The summed E-state index contributed by atoms with van der Waals surface area (Å²) in [5, 5.41) is 4.29. The largest absolute Gasteiger partial charge is 0.462 e. The van der Waals surface area contributed by atoms with Crippen molar-refractivity contribution in [2.75, 3.05) is 25.4 Å². The van der Waals surface area contributed by atoms with E-state index >= 15 is 0 Å². The highest BCUT2D eigenvalue weighted by molar-refractivity contribution is 5.94. The van der Waals surface area contributed by atoms with Crippen LogP contribution in [0.2, 0.25) is 0 Å². The number of carbonyl (C=O) groups is 2. The van der Waals surface area contributed by atoms with Crippen molar-refractivity contribution in [1.82, 2.24) is 14.7 Å². The molecule has 0 radical (unpaired) electrons. The van der Waals surface area contributed by atoms with Crippen LogP contribution in [0.1, 0.15) is 68.3 Å². The molecule has 1 aliphatic heterocycles. The maximum Gasteiger partial charge on any atom is 0.343 e. The zero-order valence-corrected chi connectivity index (χ0v) is 14.9. The van der Waals surface area contributed by atoms with Gasteiger partial charge in [-0.1, -0.05) is 19.3 Å². The third kappa shape index (κ3) is 3.80. The van der Waals surface area contributed by atoms with Crippen LogP contribution in [0.25, 0.3) is 0 Å². The van der Waals surface area contributed by atoms with Crippen molar-refractivity contribution in [2.24, 2.45) is 5.92 Å². The van der Waals surface area contributed by atoms with E-state index in [1.54, 1.807) is 11.6 Å². The summed E-state index contributed by atoms with van der Waals surface area (Å²) in [5.41, 5.74) is 6.42. The van der Waals surface area contributed by atoms with Gasteiger partial charge in [0.05, 0.1) is 18.8 Å². The number of anilines is 1. The third-order valence-corrected chi connectivity index (χ3v) is 5.41. The van der Waals surface area contributed by atoms with Crippen molar-refractivity contribution in [1.29, 1.82) is 0 Å². The van der Waals surface area contributed by atoms with Crippen molar-refractivity contribution in [3.05, 3.63) is 11.8 Å². The number of nitrogens with two attached hydrogens (primary N) is 1. The zero-order valence-electron chi connectivity index (χ0n) is 14.9. The molecule has 0 spiro atoms. The molecule has 0 unspecified atom stereocenters. The fourth-order valence-electron chi connectivity index (χ4n) is 3.97. The molecule has 25 heavy (non-hydrogen) atoms. The molecule has 3 rings (SSSR count). The van der Waals surface area contributed by atoms with Gasteiger partial charge >= 0.3 is 5.97 Å². The second-order valence-corrected chi connectivity index (χ2v) is 7.00. The number of piperidine rings is 1. The molecular weight excluding hydrogens is 320 g/mol. The minimum Gasteiger partial charge on any atom is -0.462 e. The average molecular weight is 348 g/mol. The first-order valence-corrected chi connectivity index (χ1v) is 9.40. The molecule has 2 N–H and O–H groups in total. The second-order valence-electron chi connectivity index (χ2n) is 7.00. The van der Waals surface area contributed by atoms with Crippen LogP contribution >= 0.6 is 0 Å². The molecule has 138 valence electrons. The first-order valence-electron chi connectivity index (χ1n) is 9.40. The third-order valence-electron chi connectivity index (χ3n) is 5.41. The van der Waals surface area contributed by atoms with Crippen LogP contribution < -0.4 is 5.73 Å². The lowest BCUT2D eigenvalue weighted by atomic mass is 9.87. The molecule has 2 aliphatic rings. The molecule has 7 nitrogen and oxygen atoms in total. The van der Waals surface area contributed by atoms with Crippen molar-refractivity contribution < 1.29 is 14.3 Å². The lowest BCUT2D eigenvalue weighted by molar-refractivity contribution is -0.137. The summed E-state index contributed by atoms with van der Waals surface area (Å²) in [4.78, 5) is 26.5. The monoisotopic (exact) mass is 348 g/mol. The molecular formula is C18H28N4O3. The van der Waals surface area contributed by atoms with Gasteiger partial charge in [-0.05, 0) is 32.6 Å². The van der Waals surface area contributed by atoms with Crippen LogP contribution in [-0.2, 0) is 9.53 Å². The number of esters is 1. The summed E-state index contributed by atoms with van der Waals surface area (Å²) in [6, 6.07) is 0.124. The van der Waals surface area contributed by atoms with Gasteiger partial charge in [0.25, 0.3) is 0 Å². The molecule has 1 aromatic rings. The normalized spacial score (nSPS) is 19.8. The highest BCUT2D eigenvalue weighted by Crippen LogP contribution is 2.30. The number of likely N-dealkylation sites (tertiary alicyclic amines) is 1. The quantitative estimate of drug-likeness (QED) is 0.844. The second kappa shape index (κ2) is 7.89. The van der Waals surface area contributed by atoms with E-state index in [9.17, 15) is 9.59 Å². The van der Waals surface area contributed by atoms with E-state index < -0.39 is 5.97 Å². The summed E-state index contributed by atoms with van der Waals surface area (Å²) in [5.74, 6) is 0.459. The Labute approximate surface area is 148 Å². The summed E-state index contributed by atoms with van der Waals surface area (Å²) in [7, 11) is 0. The van der Waals surface area contributed by atoms with E-state index in [0.717, 1.165) is 38.8 Å². The number of carbonyl (C=O) groups excluding carboxylic acids is 2. The van der Waals surface area contributed by atoms with Crippen LogP contribution in [0.5, 0.6) is 0 Å². The fraction of sp³-hybridized carbons (Fsp3) is 0.722. The van der Waals surface area contributed by atoms with E-state index in [0.29, 0.717) is 23.9 Å². The van der Waals surface area contributed by atoms with Gasteiger partial charge in [-0.2, -0.15) is 5.10 Å². The van der Waals surface area contributed by atoms with Gasteiger partial charge in [0.15, 0.2) is 0 Å². The van der Waals surface area contributed by atoms with Gasteiger partial charge in [0.1, 0.15) is 11.4 Å². The van der Waals surface area contributed by atoms with Crippen molar-refractivity contribution in [2.45, 2.75) is 57.9 Å². The summed E-state index contributed by atoms with van der Waals surface area (Å²) >= 11 is 0. The van der Waals surface area contributed by atoms with E-state index in [1.807, 2.05) is 4.90 Å². The van der Waals surface area contributed by atoms with Gasteiger partial charge in [-0.25, -0.2) is 9.48 Å². The fourth-order valence-corrected chi connectivity index (χ4v) is 3.97. The Kier molecular flexibility index (Phi) is 5.60. The number of nitrogen functional groups attached to an aromatic ring is 1. The van der Waals surface area contributed by atoms with E-state index in [4.69, 9.17) is 10.5 Å². The Hall–Kier alpha value is -2.05. The smallest absolute Gasteiger partial charge is 0.343 e. The molecule has 0 atom stereocenters. The first-order chi connectivity index (χ1) is 12.1. The van der Waals surface area contributed by atoms with Crippen LogP contribution in [0.4, 0.5) is 5.82 Å². The predicted molar refractivity (Wildman–Crippen MR) is 94.0 cm³/mol. The Balaban J connectivity index is 1.59.